The molecule has 1 heterocycles. The molecular formula is C21H29N3O3. The van der Waals surface area contributed by atoms with E-state index in [1.807, 2.05) is 18.2 Å². The van der Waals surface area contributed by atoms with Crippen molar-refractivity contribution < 1.29 is 14.6 Å². The lowest BCUT2D eigenvalue weighted by Crippen LogP contribution is -2.45. The lowest BCUT2D eigenvalue weighted by Gasteiger charge is -2.40. The minimum absolute atomic E-state index is 0.314. The Labute approximate surface area is 161 Å². The van der Waals surface area contributed by atoms with Crippen LogP contribution < -0.4 is 0 Å². The van der Waals surface area contributed by atoms with Gasteiger partial charge in [0.1, 0.15) is 0 Å². The Kier molecular flexibility index (Phi) is 6.35. The zero-order chi connectivity index (χ0) is 19.3. The molecule has 1 aromatic rings. The van der Waals surface area contributed by atoms with Gasteiger partial charge in [-0.25, -0.2) is 4.79 Å². The van der Waals surface area contributed by atoms with Crippen molar-refractivity contribution in [3.63, 3.8) is 0 Å². The first-order chi connectivity index (χ1) is 13.1. The van der Waals surface area contributed by atoms with E-state index in [1.54, 1.807) is 11.8 Å². The van der Waals surface area contributed by atoms with Gasteiger partial charge in [-0.15, -0.1) is 0 Å². The van der Waals surface area contributed by atoms with Crippen molar-refractivity contribution in [3.05, 3.63) is 35.9 Å². The minimum atomic E-state index is -0.575. The van der Waals surface area contributed by atoms with E-state index in [1.165, 1.54) is 0 Å². The van der Waals surface area contributed by atoms with Gasteiger partial charge in [-0.1, -0.05) is 30.3 Å². The quantitative estimate of drug-likeness (QED) is 0.883. The van der Waals surface area contributed by atoms with Crippen LogP contribution in [0.1, 0.15) is 38.2 Å². The van der Waals surface area contributed by atoms with E-state index in [-0.39, 0.29) is 6.09 Å². The van der Waals surface area contributed by atoms with Gasteiger partial charge >= 0.3 is 6.09 Å². The molecule has 1 unspecified atom stereocenters. The molecule has 0 spiro atoms. The fourth-order valence-electron chi connectivity index (χ4n) is 4.41. The summed E-state index contributed by atoms with van der Waals surface area (Å²) in [6.45, 7) is 4.29. The molecule has 0 aromatic heterocycles. The highest BCUT2D eigenvalue weighted by Crippen LogP contribution is 2.40. The number of hydrogen-bond acceptors (Lipinski definition) is 5. The van der Waals surface area contributed by atoms with Crippen LogP contribution in [0.4, 0.5) is 4.79 Å². The summed E-state index contributed by atoms with van der Waals surface area (Å²) >= 11 is 0. The Hall–Kier alpha value is -2.10. The Bertz CT molecular complexity index is 665. The molecule has 1 saturated heterocycles. The van der Waals surface area contributed by atoms with Gasteiger partial charge in [0.15, 0.2) is 0 Å². The lowest BCUT2D eigenvalue weighted by molar-refractivity contribution is 0.0717. The second kappa shape index (κ2) is 8.73. The van der Waals surface area contributed by atoms with E-state index >= 15 is 0 Å². The summed E-state index contributed by atoms with van der Waals surface area (Å²) in [5.41, 5.74) is 0.703. The van der Waals surface area contributed by atoms with Gasteiger partial charge in [-0.2, -0.15) is 5.26 Å². The maximum absolute atomic E-state index is 12.0. The van der Waals surface area contributed by atoms with Gasteiger partial charge in [0.25, 0.3) is 0 Å². The van der Waals surface area contributed by atoms with Crippen molar-refractivity contribution in [1.82, 2.24) is 9.80 Å². The first kappa shape index (κ1) is 19.7. The summed E-state index contributed by atoms with van der Waals surface area (Å²) in [7, 11) is 0. The van der Waals surface area contributed by atoms with Crippen molar-refractivity contribution >= 4 is 6.09 Å². The van der Waals surface area contributed by atoms with Crippen LogP contribution in [-0.2, 0) is 10.2 Å². The van der Waals surface area contributed by atoms with Crippen molar-refractivity contribution in [1.29, 1.82) is 5.26 Å². The van der Waals surface area contributed by atoms with Crippen LogP contribution >= 0.6 is 0 Å². The van der Waals surface area contributed by atoms with Crippen LogP contribution in [0.15, 0.2) is 30.3 Å². The number of carbonyl (C=O) groups is 1. The predicted molar refractivity (Wildman–Crippen MR) is 102 cm³/mol. The van der Waals surface area contributed by atoms with E-state index in [0.29, 0.717) is 32.3 Å². The summed E-state index contributed by atoms with van der Waals surface area (Å²) in [4.78, 5) is 15.9. The smallest absolute Gasteiger partial charge is 0.409 e. The molecule has 1 aliphatic heterocycles. The summed E-state index contributed by atoms with van der Waals surface area (Å²) in [5, 5.41) is 20.2. The molecule has 1 amide bonds. The van der Waals surface area contributed by atoms with Crippen molar-refractivity contribution in [3.8, 4) is 6.07 Å². The van der Waals surface area contributed by atoms with Crippen LogP contribution in [0.5, 0.6) is 0 Å². The van der Waals surface area contributed by atoms with Crippen molar-refractivity contribution in [2.75, 3.05) is 32.8 Å². The summed E-state index contributed by atoms with van der Waals surface area (Å²) in [6, 6.07) is 13.0. The van der Waals surface area contributed by atoms with Crippen LogP contribution in [0.25, 0.3) is 0 Å². The molecule has 3 rings (SSSR count). The standard InChI is InChI=1S/C21H29N3O3/c1-2-27-20(26)24-13-12-23(14-19(25)15-24)18-8-10-21(16-22,11-9-18)17-6-4-3-5-7-17/h3-7,18-19,25H,2,8-15H2,1H3. The monoisotopic (exact) mass is 371 g/mol. The number of nitriles is 1. The summed E-state index contributed by atoms with van der Waals surface area (Å²) in [5.74, 6) is 0. The van der Waals surface area contributed by atoms with Crippen LogP contribution in [0.3, 0.4) is 0 Å². The lowest BCUT2D eigenvalue weighted by atomic mass is 9.69. The highest BCUT2D eigenvalue weighted by atomic mass is 16.6. The number of amides is 1. The number of benzene rings is 1. The minimum Gasteiger partial charge on any atom is -0.450 e. The highest BCUT2D eigenvalue weighted by Gasteiger charge is 2.39. The number of aliphatic hydroxyl groups excluding tert-OH is 1. The molecule has 2 aliphatic rings. The second-order valence-electron chi connectivity index (χ2n) is 7.58. The molecule has 6 nitrogen and oxygen atoms in total. The molecule has 1 aliphatic carbocycles. The fourth-order valence-corrected chi connectivity index (χ4v) is 4.41. The molecule has 6 heteroatoms. The van der Waals surface area contributed by atoms with Gasteiger partial charge in [-0.05, 0) is 38.2 Å². The number of β-amino-alcohol motifs (C(OH)–C–C–N with tert-alkyl or cyclic N) is 1. The van der Waals surface area contributed by atoms with E-state index < -0.39 is 11.5 Å². The number of hydrogen-bond donors (Lipinski definition) is 1. The molecule has 0 bridgehead atoms. The van der Waals surface area contributed by atoms with Crippen LogP contribution in [-0.4, -0.2) is 65.9 Å². The molecule has 0 radical (unpaired) electrons. The molecule has 1 saturated carbocycles. The Morgan fingerprint density at radius 3 is 2.59 bits per heavy atom. The SMILES string of the molecule is CCOC(=O)N1CCN(C2CCC(C#N)(c3ccccc3)CC2)CC(O)C1. The summed E-state index contributed by atoms with van der Waals surface area (Å²) in [6.07, 6.45) is 2.57. The number of nitrogens with zero attached hydrogens (tertiary/aromatic N) is 3. The summed E-state index contributed by atoms with van der Waals surface area (Å²) < 4.78 is 5.08. The molecule has 2 fully saturated rings. The second-order valence-corrected chi connectivity index (χ2v) is 7.58. The van der Waals surface area contributed by atoms with Crippen molar-refractivity contribution in [2.45, 2.75) is 50.2 Å². The van der Waals surface area contributed by atoms with E-state index in [2.05, 4.69) is 23.1 Å². The molecular weight excluding hydrogens is 342 g/mol. The topological polar surface area (TPSA) is 76.8 Å². The number of carbonyl (C=O) groups excluding carboxylic acids is 1. The van der Waals surface area contributed by atoms with Gasteiger partial charge in [0, 0.05) is 25.7 Å². The maximum Gasteiger partial charge on any atom is 0.409 e. The van der Waals surface area contributed by atoms with Gasteiger partial charge < -0.3 is 14.7 Å². The molecule has 1 N–H and O–H groups in total. The Morgan fingerprint density at radius 1 is 1.26 bits per heavy atom. The number of ether oxygens (including phenoxy) is 1. The molecule has 27 heavy (non-hydrogen) atoms. The van der Waals surface area contributed by atoms with Gasteiger partial charge in [0.05, 0.1) is 30.7 Å². The Balaban J connectivity index is 1.62. The third-order valence-electron chi connectivity index (χ3n) is 5.92. The average Bonchev–Trinajstić information content (AvgIpc) is 2.90. The molecule has 146 valence electrons. The largest absolute Gasteiger partial charge is 0.450 e. The first-order valence-electron chi connectivity index (χ1n) is 9.88. The van der Waals surface area contributed by atoms with Gasteiger partial charge in [0.2, 0.25) is 0 Å². The van der Waals surface area contributed by atoms with E-state index in [4.69, 9.17) is 4.74 Å². The highest BCUT2D eigenvalue weighted by molar-refractivity contribution is 5.67. The number of aliphatic hydroxyl groups is 1. The fraction of sp³-hybridized carbons (Fsp3) is 0.619. The van der Waals surface area contributed by atoms with Crippen LogP contribution in [0, 0.1) is 11.3 Å². The van der Waals surface area contributed by atoms with Crippen LogP contribution in [0.2, 0.25) is 0 Å². The average molecular weight is 371 g/mol. The molecule has 1 aromatic carbocycles. The van der Waals surface area contributed by atoms with E-state index in [0.717, 1.165) is 37.8 Å². The zero-order valence-corrected chi connectivity index (χ0v) is 16.0. The predicted octanol–water partition coefficient (Wildman–Crippen LogP) is 2.53. The number of rotatable bonds is 3. The third-order valence-corrected chi connectivity index (χ3v) is 5.92. The van der Waals surface area contributed by atoms with E-state index in [9.17, 15) is 15.2 Å². The molecule has 1 atom stereocenters. The Morgan fingerprint density at radius 2 is 1.96 bits per heavy atom. The van der Waals surface area contributed by atoms with Crippen molar-refractivity contribution in [2.24, 2.45) is 0 Å². The zero-order valence-electron chi connectivity index (χ0n) is 16.0. The van der Waals surface area contributed by atoms with Gasteiger partial charge in [-0.3, -0.25) is 4.90 Å². The normalized spacial score (nSPS) is 29.6. The first-order valence-corrected chi connectivity index (χ1v) is 9.88. The maximum atomic E-state index is 12.0. The third kappa shape index (κ3) is 4.42.